The Morgan fingerprint density at radius 3 is 2.43 bits per heavy atom. The third-order valence-corrected chi connectivity index (χ3v) is 3.25. The van der Waals surface area contributed by atoms with Gasteiger partial charge in [0, 0.05) is 23.2 Å². The van der Waals surface area contributed by atoms with Crippen LogP contribution in [0.3, 0.4) is 0 Å². The monoisotopic (exact) mass is 305 g/mol. The third kappa shape index (κ3) is 4.38. The minimum atomic E-state index is 0.403. The molecule has 3 nitrogen and oxygen atoms in total. The molecule has 112 valence electrons. The molecule has 0 fully saturated rings. The molecule has 2 aromatic carbocycles. The molecule has 2 rings (SSSR count). The van der Waals surface area contributed by atoms with Crippen LogP contribution in [-0.4, -0.2) is 13.2 Å². The fraction of sp³-hybridized carbons (Fsp3) is 0.294. The first-order chi connectivity index (χ1) is 10.1. The number of hydrogen-bond acceptors (Lipinski definition) is 3. The van der Waals surface area contributed by atoms with Crippen molar-refractivity contribution in [2.45, 2.75) is 26.4 Å². The molecule has 0 bridgehead atoms. The predicted molar refractivity (Wildman–Crippen MR) is 86.5 cm³/mol. The highest BCUT2D eigenvalue weighted by atomic mass is 35.5. The van der Waals surface area contributed by atoms with E-state index in [1.165, 1.54) is 0 Å². The van der Waals surface area contributed by atoms with Gasteiger partial charge in [0.15, 0.2) is 11.5 Å². The zero-order valence-electron chi connectivity index (χ0n) is 12.5. The Labute approximate surface area is 130 Å². The summed E-state index contributed by atoms with van der Waals surface area (Å²) in [4.78, 5) is 0. The van der Waals surface area contributed by atoms with Crippen LogP contribution in [0.25, 0.3) is 0 Å². The summed E-state index contributed by atoms with van der Waals surface area (Å²) in [5.41, 5.74) is 1.05. The minimum Gasteiger partial charge on any atom is -0.493 e. The number of para-hydroxylation sites is 2. The highest BCUT2D eigenvalue weighted by Gasteiger charge is 2.10. The second kappa shape index (κ2) is 7.34. The van der Waals surface area contributed by atoms with E-state index >= 15 is 0 Å². The van der Waals surface area contributed by atoms with Crippen LogP contribution in [0.2, 0.25) is 5.02 Å². The number of ether oxygens (including phenoxy) is 2. The molecule has 0 saturated heterocycles. The lowest BCUT2D eigenvalue weighted by Crippen LogP contribution is -2.22. The van der Waals surface area contributed by atoms with Gasteiger partial charge in [-0.05, 0) is 24.3 Å². The van der Waals surface area contributed by atoms with Gasteiger partial charge >= 0.3 is 0 Å². The van der Waals surface area contributed by atoms with E-state index in [-0.39, 0.29) is 0 Å². The van der Waals surface area contributed by atoms with E-state index < -0.39 is 0 Å². The van der Waals surface area contributed by atoms with Crippen molar-refractivity contribution in [3.63, 3.8) is 0 Å². The van der Waals surface area contributed by atoms with Crippen molar-refractivity contribution in [3.8, 4) is 17.2 Å². The number of benzene rings is 2. The van der Waals surface area contributed by atoms with Gasteiger partial charge in [0.1, 0.15) is 5.75 Å². The molecule has 4 heteroatoms. The van der Waals surface area contributed by atoms with Crippen LogP contribution in [-0.2, 0) is 6.54 Å². The van der Waals surface area contributed by atoms with Gasteiger partial charge in [-0.1, -0.05) is 43.6 Å². The maximum Gasteiger partial charge on any atom is 0.169 e. The molecule has 0 amide bonds. The molecule has 0 saturated carbocycles. The number of nitrogens with one attached hydrogen (secondary N) is 1. The van der Waals surface area contributed by atoms with Crippen molar-refractivity contribution in [1.29, 1.82) is 0 Å². The molecule has 0 radical (unpaired) electrons. The van der Waals surface area contributed by atoms with Gasteiger partial charge in [-0.2, -0.15) is 0 Å². The Morgan fingerprint density at radius 1 is 1.05 bits per heavy atom. The molecule has 0 aliphatic carbocycles. The molecular formula is C17H20ClNO2. The quantitative estimate of drug-likeness (QED) is 0.843. The van der Waals surface area contributed by atoms with Gasteiger partial charge in [0.05, 0.1) is 7.11 Å². The Kier molecular flexibility index (Phi) is 5.48. The zero-order chi connectivity index (χ0) is 15.2. The van der Waals surface area contributed by atoms with Gasteiger partial charge in [0.2, 0.25) is 0 Å². The van der Waals surface area contributed by atoms with E-state index in [1.54, 1.807) is 7.11 Å². The lowest BCUT2D eigenvalue weighted by Gasteiger charge is -2.15. The average molecular weight is 306 g/mol. The Morgan fingerprint density at radius 2 is 1.76 bits per heavy atom. The maximum absolute atomic E-state index is 6.09. The first-order valence-corrected chi connectivity index (χ1v) is 7.30. The summed E-state index contributed by atoms with van der Waals surface area (Å²) in [5, 5.41) is 4.03. The summed E-state index contributed by atoms with van der Waals surface area (Å²) in [7, 11) is 1.63. The van der Waals surface area contributed by atoms with E-state index in [0.717, 1.165) is 17.9 Å². The zero-order valence-corrected chi connectivity index (χ0v) is 13.3. The third-order valence-electron chi connectivity index (χ3n) is 3.02. The van der Waals surface area contributed by atoms with Crippen molar-refractivity contribution in [1.82, 2.24) is 5.32 Å². The Balaban J connectivity index is 2.27. The van der Waals surface area contributed by atoms with Crippen molar-refractivity contribution in [2.75, 3.05) is 7.11 Å². The smallest absolute Gasteiger partial charge is 0.169 e. The SMILES string of the molecule is COc1ccccc1Oc1cc(Cl)ccc1CNC(C)C. The summed E-state index contributed by atoms with van der Waals surface area (Å²) in [6.45, 7) is 4.94. The minimum absolute atomic E-state index is 0.403. The van der Waals surface area contributed by atoms with Gasteiger partial charge in [-0.3, -0.25) is 0 Å². The summed E-state index contributed by atoms with van der Waals surface area (Å²) in [6.07, 6.45) is 0. The Hall–Kier alpha value is -1.71. The molecule has 0 aliphatic heterocycles. The molecule has 0 heterocycles. The molecular weight excluding hydrogens is 286 g/mol. The van der Waals surface area contributed by atoms with Crippen LogP contribution < -0.4 is 14.8 Å². The van der Waals surface area contributed by atoms with E-state index in [2.05, 4.69) is 19.2 Å². The summed E-state index contributed by atoms with van der Waals surface area (Å²) < 4.78 is 11.3. The lowest BCUT2D eigenvalue weighted by atomic mass is 10.2. The fourth-order valence-electron chi connectivity index (χ4n) is 1.91. The van der Waals surface area contributed by atoms with Crippen LogP contribution in [0.4, 0.5) is 0 Å². The highest BCUT2D eigenvalue weighted by molar-refractivity contribution is 6.30. The maximum atomic E-state index is 6.09. The van der Waals surface area contributed by atoms with E-state index in [9.17, 15) is 0 Å². The normalized spacial score (nSPS) is 10.7. The molecule has 2 aromatic rings. The van der Waals surface area contributed by atoms with Crippen LogP contribution in [0, 0.1) is 0 Å². The standard InChI is InChI=1S/C17H20ClNO2/c1-12(2)19-11-13-8-9-14(18)10-17(13)21-16-7-5-4-6-15(16)20-3/h4-10,12,19H,11H2,1-3H3. The second-order valence-corrected chi connectivity index (χ2v) is 5.48. The first-order valence-electron chi connectivity index (χ1n) is 6.93. The Bertz CT molecular complexity index is 599. The molecule has 0 unspecified atom stereocenters. The lowest BCUT2D eigenvalue weighted by molar-refractivity contribution is 0.377. The molecule has 1 N–H and O–H groups in total. The van der Waals surface area contributed by atoms with E-state index in [0.29, 0.717) is 22.6 Å². The van der Waals surface area contributed by atoms with Gasteiger partial charge in [0.25, 0.3) is 0 Å². The summed E-state index contributed by atoms with van der Waals surface area (Å²) in [6, 6.07) is 13.6. The predicted octanol–water partition coefficient (Wildman–Crippen LogP) is 4.64. The summed E-state index contributed by atoms with van der Waals surface area (Å²) >= 11 is 6.09. The van der Waals surface area contributed by atoms with Crippen molar-refractivity contribution < 1.29 is 9.47 Å². The number of methoxy groups -OCH3 is 1. The average Bonchev–Trinajstić information content (AvgIpc) is 2.47. The number of halogens is 1. The van der Waals surface area contributed by atoms with Crippen LogP contribution in [0.5, 0.6) is 17.2 Å². The number of hydrogen-bond donors (Lipinski definition) is 1. The molecule has 0 aliphatic rings. The van der Waals surface area contributed by atoms with Gasteiger partial charge in [-0.25, -0.2) is 0 Å². The van der Waals surface area contributed by atoms with Crippen molar-refractivity contribution in [3.05, 3.63) is 53.1 Å². The second-order valence-electron chi connectivity index (χ2n) is 5.04. The van der Waals surface area contributed by atoms with Crippen LogP contribution in [0.1, 0.15) is 19.4 Å². The van der Waals surface area contributed by atoms with Gasteiger partial charge < -0.3 is 14.8 Å². The first kappa shape index (κ1) is 15.7. The summed E-state index contributed by atoms with van der Waals surface area (Å²) in [5.74, 6) is 2.11. The van der Waals surface area contributed by atoms with Gasteiger partial charge in [-0.15, -0.1) is 0 Å². The number of rotatable bonds is 6. The molecule has 0 atom stereocenters. The molecule has 0 spiro atoms. The largest absolute Gasteiger partial charge is 0.493 e. The topological polar surface area (TPSA) is 30.5 Å². The van der Waals surface area contributed by atoms with Crippen LogP contribution in [0.15, 0.2) is 42.5 Å². The highest BCUT2D eigenvalue weighted by Crippen LogP contribution is 2.34. The van der Waals surface area contributed by atoms with Crippen LogP contribution >= 0.6 is 11.6 Å². The molecule has 0 aromatic heterocycles. The fourth-order valence-corrected chi connectivity index (χ4v) is 2.07. The van der Waals surface area contributed by atoms with Crippen molar-refractivity contribution >= 4 is 11.6 Å². The van der Waals surface area contributed by atoms with Crippen molar-refractivity contribution in [2.24, 2.45) is 0 Å². The van der Waals surface area contributed by atoms with E-state index in [1.807, 2.05) is 42.5 Å². The molecule has 21 heavy (non-hydrogen) atoms. The van der Waals surface area contributed by atoms with E-state index in [4.69, 9.17) is 21.1 Å².